The molecule has 0 radical (unpaired) electrons. The highest BCUT2D eigenvalue weighted by molar-refractivity contribution is 7.99. The summed E-state index contributed by atoms with van der Waals surface area (Å²) in [6, 6.07) is 6.82. The number of carbonyl (C=O) groups is 3. The van der Waals surface area contributed by atoms with E-state index in [1.165, 1.54) is 39.4 Å². The van der Waals surface area contributed by atoms with E-state index in [1.807, 2.05) is 13.8 Å². The molecule has 1 aromatic carbocycles. The van der Waals surface area contributed by atoms with Gasteiger partial charge in [-0.15, -0.1) is 11.8 Å². The first-order valence-electron chi connectivity index (χ1n) is 15.8. The lowest BCUT2D eigenvalue weighted by atomic mass is 10.0. The zero-order chi connectivity index (χ0) is 34.2. The van der Waals surface area contributed by atoms with Crippen LogP contribution in [0.4, 0.5) is 14.5 Å². The number of likely N-dealkylation sites (tertiary alicyclic amines) is 1. The lowest BCUT2D eigenvalue weighted by Gasteiger charge is -2.38. The molecular formula is C32H39F2N9O4S. The number of nitrogens with zero attached hydrogens (tertiary/aromatic N) is 7. The van der Waals surface area contributed by atoms with Crippen molar-refractivity contribution in [3.63, 3.8) is 0 Å². The highest BCUT2D eigenvalue weighted by Gasteiger charge is 2.28. The number of thioether (sulfide) groups is 1. The van der Waals surface area contributed by atoms with Gasteiger partial charge >= 0.3 is 6.61 Å². The molecule has 5 rings (SSSR count). The summed E-state index contributed by atoms with van der Waals surface area (Å²) >= 11 is 1.53. The molecule has 3 amide bonds. The molecule has 256 valence electrons. The standard InChI is InChI=1S/C32H39F2N9O4S/c1-4-40(15-11-35-20-44)22-8-13-41(14-9-22)28(45)19-42-18-26(38-31(46)25-17-37-43-12-5-10-36-30(25)43)29(39-42)24-16-23(48-21(2)3)6-7-27(24)47-32(33)34/h5-7,10,12,16-18,20-22,32H,4,8-9,11,13-15,19H2,1-3H3,(H,35,44)(H,38,46). The number of amides is 3. The maximum absolute atomic E-state index is 13.5. The van der Waals surface area contributed by atoms with Gasteiger partial charge in [0, 0.05) is 66.5 Å². The molecule has 0 aliphatic carbocycles. The molecule has 0 atom stereocenters. The molecule has 4 heterocycles. The van der Waals surface area contributed by atoms with Gasteiger partial charge in [-0.25, -0.2) is 9.50 Å². The van der Waals surface area contributed by atoms with Gasteiger partial charge in [-0.3, -0.25) is 24.0 Å². The zero-order valence-corrected chi connectivity index (χ0v) is 27.8. The van der Waals surface area contributed by atoms with Crippen LogP contribution in [-0.2, 0) is 16.1 Å². The quantitative estimate of drug-likeness (QED) is 0.108. The molecule has 13 nitrogen and oxygen atoms in total. The van der Waals surface area contributed by atoms with Crippen LogP contribution >= 0.6 is 11.8 Å². The Hall–Kier alpha value is -4.57. The number of alkyl halides is 2. The second-order valence-corrected chi connectivity index (χ2v) is 13.2. The molecule has 2 N–H and O–H groups in total. The van der Waals surface area contributed by atoms with Crippen molar-refractivity contribution in [3.8, 4) is 17.0 Å². The SMILES string of the molecule is CCN(CCNC=O)C1CCN(C(=O)Cn2cc(NC(=O)c3cnn4cccnc34)c(-c3cc(SC(C)C)ccc3OC(F)F)n2)CC1. The minimum Gasteiger partial charge on any atom is -0.434 e. The van der Waals surface area contributed by atoms with E-state index in [4.69, 9.17) is 4.74 Å². The van der Waals surface area contributed by atoms with E-state index in [-0.39, 0.29) is 46.0 Å². The summed E-state index contributed by atoms with van der Waals surface area (Å²) < 4.78 is 34.8. The predicted molar refractivity (Wildman–Crippen MR) is 177 cm³/mol. The molecule has 0 spiro atoms. The number of fused-ring (bicyclic) bond motifs is 1. The van der Waals surface area contributed by atoms with Crippen LogP contribution in [-0.4, -0.2) is 103 Å². The lowest BCUT2D eigenvalue weighted by molar-refractivity contribution is -0.133. The molecule has 0 unspecified atom stereocenters. The van der Waals surface area contributed by atoms with Crippen LogP contribution in [0.25, 0.3) is 16.9 Å². The lowest BCUT2D eigenvalue weighted by Crippen LogP contribution is -2.48. The number of hydrogen-bond acceptors (Lipinski definition) is 9. The second kappa shape index (κ2) is 16.0. The number of carbonyl (C=O) groups excluding carboxylic acids is 3. The van der Waals surface area contributed by atoms with Crippen LogP contribution in [0.1, 0.15) is 44.0 Å². The van der Waals surface area contributed by atoms with Gasteiger partial charge in [-0.1, -0.05) is 20.8 Å². The molecule has 4 aromatic rings. The molecule has 1 fully saturated rings. The largest absolute Gasteiger partial charge is 0.434 e. The summed E-state index contributed by atoms with van der Waals surface area (Å²) in [6.45, 7) is 6.13. The normalized spacial score (nSPS) is 13.9. The molecule has 1 saturated heterocycles. The second-order valence-electron chi connectivity index (χ2n) is 11.5. The van der Waals surface area contributed by atoms with Crippen LogP contribution in [0.5, 0.6) is 5.75 Å². The van der Waals surface area contributed by atoms with Crippen LogP contribution in [0, 0.1) is 0 Å². The number of piperidine rings is 1. The van der Waals surface area contributed by atoms with Crippen molar-refractivity contribution in [3.05, 3.63) is 54.6 Å². The molecule has 1 aliphatic rings. The van der Waals surface area contributed by atoms with Gasteiger partial charge in [0.05, 0.1) is 11.9 Å². The fourth-order valence-corrected chi connectivity index (χ4v) is 6.67. The Morgan fingerprint density at radius 1 is 1.23 bits per heavy atom. The van der Waals surface area contributed by atoms with Crippen LogP contribution in [0.15, 0.2) is 53.9 Å². The van der Waals surface area contributed by atoms with E-state index in [0.29, 0.717) is 37.7 Å². The Morgan fingerprint density at radius 3 is 2.73 bits per heavy atom. The maximum Gasteiger partial charge on any atom is 0.387 e. The molecule has 16 heteroatoms. The van der Waals surface area contributed by atoms with Crippen LogP contribution in [0.2, 0.25) is 0 Å². The van der Waals surface area contributed by atoms with Gasteiger partial charge in [-0.05, 0) is 43.7 Å². The van der Waals surface area contributed by atoms with Gasteiger partial charge in [0.1, 0.15) is 23.6 Å². The fraction of sp³-hybridized carbons (Fsp3) is 0.438. The van der Waals surface area contributed by atoms with Crippen molar-refractivity contribution in [1.82, 2.24) is 39.5 Å². The number of benzene rings is 1. The van der Waals surface area contributed by atoms with E-state index in [2.05, 4.69) is 37.6 Å². The molecule has 3 aromatic heterocycles. The summed E-state index contributed by atoms with van der Waals surface area (Å²) in [5.41, 5.74) is 1.15. The topological polar surface area (TPSA) is 139 Å². The Balaban J connectivity index is 1.41. The number of hydrogen-bond donors (Lipinski definition) is 2. The van der Waals surface area contributed by atoms with Crippen LogP contribution in [0.3, 0.4) is 0 Å². The third-order valence-electron chi connectivity index (χ3n) is 7.99. The van der Waals surface area contributed by atoms with Gasteiger partial charge in [0.15, 0.2) is 5.65 Å². The summed E-state index contributed by atoms with van der Waals surface area (Å²) in [5.74, 6) is -0.814. The Bertz CT molecular complexity index is 1720. The molecule has 48 heavy (non-hydrogen) atoms. The molecule has 0 bridgehead atoms. The van der Waals surface area contributed by atoms with Crippen molar-refractivity contribution in [2.75, 3.05) is 38.0 Å². The Morgan fingerprint density at radius 2 is 2.02 bits per heavy atom. The van der Waals surface area contributed by atoms with Gasteiger partial charge in [0.2, 0.25) is 12.3 Å². The summed E-state index contributed by atoms with van der Waals surface area (Å²) in [5, 5.41) is 14.6. The summed E-state index contributed by atoms with van der Waals surface area (Å²) in [6.07, 6.45) is 8.37. The fourth-order valence-electron chi connectivity index (χ4n) is 5.79. The smallest absolute Gasteiger partial charge is 0.387 e. The highest BCUT2D eigenvalue weighted by atomic mass is 32.2. The van der Waals surface area contributed by atoms with E-state index in [0.717, 1.165) is 30.8 Å². The minimum absolute atomic E-state index is 0.117. The maximum atomic E-state index is 13.5. The van der Waals surface area contributed by atoms with Gasteiger partial charge in [0.25, 0.3) is 5.91 Å². The van der Waals surface area contributed by atoms with E-state index >= 15 is 0 Å². The summed E-state index contributed by atoms with van der Waals surface area (Å²) in [4.78, 5) is 46.8. The average molecular weight is 684 g/mol. The Labute approximate surface area is 281 Å². The minimum atomic E-state index is -3.09. The predicted octanol–water partition coefficient (Wildman–Crippen LogP) is 4.01. The summed E-state index contributed by atoms with van der Waals surface area (Å²) in [7, 11) is 0. The number of halogens is 2. The van der Waals surface area contributed by atoms with Crippen molar-refractivity contribution in [2.45, 2.75) is 63.0 Å². The van der Waals surface area contributed by atoms with Crippen molar-refractivity contribution in [2.24, 2.45) is 0 Å². The Kier molecular flexibility index (Phi) is 11.6. The monoisotopic (exact) mass is 683 g/mol. The number of ether oxygens (including phenoxy) is 1. The van der Waals surface area contributed by atoms with E-state index in [1.54, 1.807) is 35.5 Å². The van der Waals surface area contributed by atoms with E-state index in [9.17, 15) is 23.2 Å². The number of aromatic nitrogens is 5. The van der Waals surface area contributed by atoms with Crippen molar-refractivity contribution < 1.29 is 27.9 Å². The third-order valence-corrected chi connectivity index (χ3v) is 8.99. The first kappa shape index (κ1) is 34.8. The molecule has 1 aliphatic heterocycles. The zero-order valence-electron chi connectivity index (χ0n) is 27.0. The van der Waals surface area contributed by atoms with Gasteiger partial charge in [-0.2, -0.15) is 19.0 Å². The first-order valence-corrected chi connectivity index (χ1v) is 16.7. The van der Waals surface area contributed by atoms with Crippen molar-refractivity contribution in [1.29, 1.82) is 0 Å². The van der Waals surface area contributed by atoms with Gasteiger partial charge < -0.3 is 20.3 Å². The van der Waals surface area contributed by atoms with Crippen LogP contribution < -0.4 is 15.4 Å². The first-order chi connectivity index (χ1) is 23.2. The number of nitrogens with one attached hydrogen (secondary N) is 2. The van der Waals surface area contributed by atoms with Crippen molar-refractivity contribution >= 4 is 41.3 Å². The molecular weight excluding hydrogens is 644 g/mol. The third kappa shape index (κ3) is 8.47. The molecule has 0 saturated carbocycles. The number of anilines is 1. The number of likely N-dealkylation sites (N-methyl/N-ethyl adjacent to an activating group) is 1. The number of rotatable bonds is 15. The average Bonchev–Trinajstić information content (AvgIpc) is 3.67. The highest BCUT2D eigenvalue weighted by Crippen LogP contribution is 2.39. The van der Waals surface area contributed by atoms with E-state index < -0.39 is 12.5 Å².